The summed E-state index contributed by atoms with van der Waals surface area (Å²) < 4.78 is 22.6. The van der Waals surface area contributed by atoms with Crippen LogP contribution in [-0.2, 0) is 15.3 Å². The number of nitrogens with one attached hydrogen (secondary N) is 2. The number of hydrogen-bond donors (Lipinski definition) is 2. The van der Waals surface area contributed by atoms with Crippen LogP contribution in [0.15, 0.2) is 29.3 Å². The van der Waals surface area contributed by atoms with Gasteiger partial charge < -0.3 is 10.6 Å². The van der Waals surface area contributed by atoms with Crippen LogP contribution in [0.2, 0.25) is 5.02 Å². The van der Waals surface area contributed by atoms with Gasteiger partial charge in [-0.3, -0.25) is 4.99 Å². The molecule has 0 heterocycles. The predicted molar refractivity (Wildman–Crippen MR) is 105 cm³/mol. The van der Waals surface area contributed by atoms with E-state index in [0.29, 0.717) is 13.0 Å². The van der Waals surface area contributed by atoms with Gasteiger partial charge >= 0.3 is 0 Å². The first kappa shape index (κ1) is 20.0. The first-order chi connectivity index (χ1) is 11.7. The lowest BCUT2D eigenvalue weighted by Gasteiger charge is -2.19. The third-order valence-electron chi connectivity index (χ3n) is 4.50. The maximum Gasteiger partial charge on any atom is 0.191 e. The number of hydrogen-bond acceptors (Lipinski definition) is 3. The van der Waals surface area contributed by atoms with Crippen LogP contribution in [0.3, 0.4) is 0 Å². The first-order valence-electron chi connectivity index (χ1n) is 8.73. The second kappa shape index (κ2) is 8.41. The van der Waals surface area contributed by atoms with Gasteiger partial charge in [0.1, 0.15) is 9.84 Å². The van der Waals surface area contributed by atoms with Crippen LogP contribution in [-0.4, -0.2) is 45.5 Å². The summed E-state index contributed by atoms with van der Waals surface area (Å²) in [5, 5.41) is 7.29. The highest BCUT2D eigenvalue weighted by Crippen LogP contribution is 2.48. The molecule has 0 bridgehead atoms. The molecule has 2 rings (SSSR count). The van der Waals surface area contributed by atoms with Crippen molar-refractivity contribution in [3.05, 3.63) is 34.9 Å². The quantitative estimate of drug-likeness (QED) is 0.533. The fourth-order valence-electron chi connectivity index (χ4n) is 2.74. The van der Waals surface area contributed by atoms with E-state index in [0.717, 1.165) is 30.4 Å². The number of aliphatic imine (C=N–C) groups is 1. The molecule has 1 aliphatic rings. The Bertz CT molecular complexity index is 698. The molecule has 0 spiro atoms. The molecule has 1 aromatic carbocycles. The minimum atomic E-state index is -2.94. The van der Waals surface area contributed by atoms with Crippen LogP contribution < -0.4 is 10.6 Å². The molecule has 1 unspecified atom stereocenters. The fraction of sp³-hybridized carbons (Fsp3) is 0.611. The van der Waals surface area contributed by atoms with Crippen LogP contribution in [0.4, 0.5) is 0 Å². The molecule has 0 aromatic heterocycles. The lowest BCUT2D eigenvalue weighted by molar-refractivity contribution is 0.580. The summed E-state index contributed by atoms with van der Waals surface area (Å²) in [5.74, 6) is 0.915. The standard InChI is InChI=1S/C18H28ClN3O2S/c1-4-20-17(22-14(2)9-12-25(3,23)24)21-13-18(10-11-18)15-5-7-16(19)8-6-15/h5-8,14H,4,9-13H2,1-3H3,(H2,20,21,22). The van der Waals surface area contributed by atoms with E-state index >= 15 is 0 Å². The average molecular weight is 386 g/mol. The Balaban J connectivity index is 1.98. The Morgan fingerprint density at radius 1 is 1.32 bits per heavy atom. The molecule has 25 heavy (non-hydrogen) atoms. The zero-order chi connectivity index (χ0) is 18.5. The lowest BCUT2D eigenvalue weighted by atomic mass is 9.96. The van der Waals surface area contributed by atoms with Gasteiger partial charge in [-0.15, -0.1) is 0 Å². The largest absolute Gasteiger partial charge is 0.357 e. The summed E-state index contributed by atoms with van der Waals surface area (Å²) >= 11 is 5.98. The van der Waals surface area contributed by atoms with E-state index in [1.165, 1.54) is 11.8 Å². The molecule has 0 aliphatic heterocycles. The van der Waals surface area contributed by atoms with Crippen molar-refractivity contribution in [1.29, 1.82) is 0 Å². The summed E-state index contributed by atoms with van der Waals surface area (Å²) in [4.78, 5) is 4.74. The van der Waals surface area contributed by atoms with Gasteiger partial charge in [0.05, 0.1) is 12.3 Å². The monoisotopic (exact) mass is 385 g/mol. The van der Waals surface area contributed by atoms with Gasteiger partial charge in [0.25, 0.3) is 0 Å². The van der Waals surface area contributed by atoms with Crippen molar-refractivity contribution in [2.75, 3.05) is 25.1 Å². The van der Waals surface area contributed by atoms with Crippen LogP contribution in [0.25, 0.3) is 0 Å². The molecule has 1 fully saturated rings. The molecule has 5 nitrogen and oxygen atoms in total. The summed E-state index contributed by atoms with van der Waals surface area (Å²) in [6.07, 6.45) is 4.08. The highest BCUT2D eigenvalue weighted by atomic mass is 35.5. The molecule has 1 aliphatic carbocycles. The molecule has 1 aromatic rings. The van der Waals surface area contributed by atoms with Crippen LogP contribution >= 0.6 is 11.6 Å². The number of halogens is 1. The van der Waals surface area contributed by atoms with Crippen LogP contribution in [0.5, 0.6) is 0 Å². The van der Waals surface area contributed by atoms with Crippen molar-refractivity contribution in [2.24, 2.45) is 4.99 Å². The minimum absolute atomic E-state index is 0.0400. The molecule has 0 amide bonds. The summed E-state index contributed by atoms with van der Waals surface area (Å²) in [6, 6.07) is 8.06. The van der Waals surface area contributed by atoms with E-state index in [1.54, 1.807) is 0 Å². The number of sulfone groups is 1. The molecule has 2 N–H and O–H groups in total. The zero-order valence-corrected chi connectivity index (χ0v) is 16.8. The van der Waals surface area contributed by atoms with Gasteiger partial charge in [0, 0.05) is 29.3 Å². The number of rotatable bonds is 8. The molecule has 7 heteroatoms. The molecular weight excluding hydrogens is 358 g/mol. The predicted octanol–water partition coefficient (Wildman–Crippen LogP) is 2.75. The molecular formula is C18H28ClN3O2S. The third-order valence-corrected chi connectivity index (χ3v) is 5.73. The van der Waals surface area contributed by atoms with Gasteiger partial charge in [0.15, 0.2) is 5.96 Å². The SMILES string of the molecule is CCNC(=NCC1(c2ccc(Cl)cc2)CC1)NC(C)CCS(C)(=O)=O. The Kier molecular flexibility index (Phi) is 6.74. The Morgan fingerprint density at radius 3 is 2.48 bits per heavy atom. The van der Waals surface area contributed by atoms with Crippen LogP contribution in [0.1, 0.15) is 38.7 Å². The Labute approximate surface area is 156 Å². The van der Waals surface area contributed by atoms with E-state index < -0.39 is 9.84 Å². The van der Waals surface area contributed by atoms with Crippen molar-refractivity contribution in [1.82, 2.24) is 10.6 Å². The van der Waals surface area contributed by atoms with E-state index in [1.807, 2.05) is 26.0 Å². The Morgan fingerprint density at radius 2 is 1.96 bits per heavy atom. The first-order valence-corrected chi connectivity index (χ1v) is 11.2. The zero-order valence-electron chi connectivity index (χ0n) is 15.2. The molecule has 140 valence electrons. The van der Waals surface area contributed by atoms with Gasteiger partial charge in [-0.05, 0) is 50.8 Å². The second-order valence-electron chi connectivity index (χ2n) is 6.95. The number of nitrogens with zero attached hydrogens (tertiary/aromatic N) is 1. The molecule has 1 saturated carbocycles. The number of guanidine groups is 1. The van der Waals surface area contributed by atoms with Gasteiger partial charge in [0.2, 0.25) is 0 Å². The highest BCUT2D eigenvalue weighted by Gasteiger charge is 2.44. The maximum atomic E-state index is 11.3. The van der Waals surface area contributed by atoms with Crippen molar-refractivity contribution in [2.45, 2.75) is 44.6 Å². The van der Waals surface area contributed by atoms with E-state index in [4.69, 9.17) is 16.6 Å². The van der Waals surface area contributed by atoms with Gasteiger partial charge in [-0.25, -0.2) is 8.42 Å². The van der Waals surface area contributed by atoms with E-state index in [-0.39, 0.29) is 17.2 Å². The van der Waals surface area contributed by atoms with Crippen LogP contribution in [0, 0.1) is 0 Å². The lowest BCUT2D eigenvalue weighted by Crippen LogP contribution is -2.43. The van der Waals surface area contributed by atoms with Crippen molar-refractivity contribution in [3.63, 3.8) is 0 Å². The minimum Gasteiger partial charge on any atom is -0.357 e. The molecule has 1 atom stereocenters. The van der Waals surface area contributed by atoms with Crippen molar-refractivity contribution >= 4 is 27.4 Å². The number of benzene rings is 1. The summed E-state index contributed by atoms with van der Waals surface area (Å²) in [5.41, 5.74) is 1.39. The topological polar surface area (TPSA) is 70.6 Å². The highest BCUT2D eigenvalue weighted by molar-refractivity contribution is 7.90. The van der Waals surface area contributed by atoms with Crippen molar-refractivity contribution < 1.29 is 8.42 Å². The average Bonchev–Trinajstić information content (AvgIpc) is 3.32. The molecule has 0 saturated heterocycles. The summed E-state index contributed by atoms with van der Waals surface area (Å²) in [7, 11) is -2.94. The van der Waals surface area contributed by atoms with E-state index in [2.05, 4.69) is 22.8 Å². The maximum absolute atomic E-state index is 11.3. The van der Waals surface area contributed by atoms with Crippen molar-refractivity contribution in [3.8, 4) is 0 Å². The fourth-order valence-corrected chi connectivity index (χ4v) is 3.65. The summed E-state index contributed by atoms with van der Waals surface area (Å²) in [6.45, 7) is 5.47. The van der Waals surface area contributed by atoms with Gasteiger partial charge in [-0.2, -0.15) is 0 Å². The second-order valence-corrected chi connectivity index (χ2v) is 9.64. The third kappa shape index (κ3) is 6.51. The Hall–Kier alpha value is -1.27. The molecule has 0 radical (unpaired) electrons. The smallest absolute Gasteiger partial charge is 0.191 e. The normalized spacial score (nSPS) is 17.8. The van der Waals surface area contributed by atoms with Gasteiger partial charge in [-0.1, -0.05) is 23.7 Å². The van der Waals surface area contributed by atoms with E-state index in [9.17, 15) is 8.42 Å².